The molecule has 0 unspecified atom stereocenters. The summed E-state index contributed by atoms with van der Waals surface area (Å²) in [6.07, 6.45) is 0.200. The summed E-state index contributed by atoms with van der Waals surface area (Å²) in [5.74, 6) is -0.0115. The molecule has 5 heteroatoms. The van der Waals surface area contributed by atoms with E-state index in [1.54, 1.807) is 18.9 Å². The molecule has 0 bridgehead atoms. The molecule has 0 saturated heterocycles. The lowest BCUT2D eigenvalue weighted by Crippen LogP contribution is -2.38. The second-order valence-corrected chi connectivity index (χ2v) is 6.63. The van der Waals surface area contributed by atoms with Gasteiger partial charge in [-0.05, 0) is 14.0 Å². The monoisotopic (exact) mass is 320 g/mol. The Morgan fingerprint density at radius 2 is 1.78 bits per heavy atom. The smallest absolute Gasteiger partial charge is 0.223 e. The Morgan fingerprint density at radius 3 is 2.30 bits per heavy atom. The number of carbonyl (C=O) groups excluding carboxylic acids is 1. The maximum Gasteiger partial charge on any atom is 0.223 e. The van der Waals surface area contributed by atoms with E-state index in [9.17, 15) is 15.0 Å². The highest BCUT2D eigenvalue weighted by Crippen LogP contribution is 2.31. The normalized spacial score (nSPS) is 11.5. The van der Waals surface area contributed by atoms with Gasteiger partial charge in [-0.1, -0.05) is 27.0 Å². The molecule has 1 rings (SSSR count). The van der Waals surface area contributed by atoms with Gasteiger partial charge in [0, 0.05) is 53.5 Å². The summed E-state index contributed by atoms with van der Waals surface area (Å²) < 4.78 is 0. The summed E-state index contributed by atoms with van der Waals surface area (Å²) in [6, 6.07) is 0. The van der Waals surface area contributed by atoms with E-state index in [2.05, 4.69) is 18.5 Å². The van der Waals surface area contributed by atoms with Crippen molar-refractivity contribution in [3.05, 3.63) is 21.6 Å². The molecule has 0 radical (unpaired) electrons. The molecule has 3 N–H and O–H groups in total. The molecule has 23 heavy (non-hydrogen) atoms. The van der Waals surface area contributed by atoms with E-state index < -0.39 is 5.41 Å². The van der Waals surface area contributed by atoms with E-state index in [-0.39, 0.29) is 23.8 Å². The van der Waals surface area contributed by atoms with Crippen LogP contribution in [0.3, 0.4) is 0 Å². The van der Waals surface area contributed by atoms with Crippen molar-refractivity contribution >= 4 is 19.1 Å². The fourth-order valence-electron chi connectivity index (χ4n) is 2.69. The first-order valence-corrected chi connectivity index (χ1v) is 7.66. The topological polar surface area (TPSA) is 72.8 Å². The van der Waals surface area contributed by atoms with Gasteiger partial charge < -0.3 is 20.4 Å². The van der Waals surface area contributed by atoms with Gasteiger partial charge in [0.05, 0.1) is 0 Å². The third-order valence-corrected chi connectivity index (χ3v) is 4.31. The van der Waals surface area contributed by atoms with Crippen LogP contribution in [0.5, 0.6) is 11.5 Å². The predicted octanol–water partition coefficient (Wildman–Crippen LogP) is 0.572. The number of rotatable bonds is 6. The second kappa shape index (κ2) is 7.04. The van der Waals surface area contributed by atoms with Crippen LogP contribution in [0.25, 0.3) is 13.2 Å². The van der Waals surface area contributed by atoms with Crippen molar-refractivity contribution in [3.8, 4) is 11.5 Å². The number of aromatic hydroxyl groups is 2. The minimum absolute atomic E-state index is 0.000905. The summed E-state index contributed by atoms with van der Waals surface area (Å²) in [4.78, 5) is 14.1. The number of likely N-dealkylation sites (N-methyl/N-ethyl adjacent to an activating group) is 2. The van der Waals surface area contributed by atoms with Crippen LogP contribution < -0.4 is 15.8 Å². The van der Waals surface area contributed by atoms with Crippen LogP contribution in [0.4, 0.5) is 0 Å². The fraction of sp³-hybridized carbons (Fsp3) is 0.500. The molecule has 5 nitrogen and oxygen atoms in total. The first-order chi connectivity index (χ1) is 10.5. The van der Waals surface area contributed by atoms with E-state index in [0.717, 1.165) is 0 Å². The van der Waals surface area contributed by atoms with Crippen molar-refractivity contribution in [2.75, 3.05) is 27.2 Å². The van der Waals surface area contributed by atoms with Gasteiger partial charge >= 0.3 is 0 Å². The Labute approximate surface area is 137 Å². The molecular weight excluding hydrogens is 292 g/mol. The lowest BCUT2D eigenvalue weighted by atomic mass is 9.78. The Hall–Kier alpha value is -2.01. The Morgan fingerprint density at radius 1 is 1.22 bits per heavy atom. The first kappa shape index (κ1) is 19.0. The molecule has 1 amide bonds. The number of amides is 1. The molecule has 0 aromatic heterocycles. The predicted molar refractivity (Wildman–Crippen MR) is 94.0 cm³/mol. The van der Waals surface area contributed by atoms with E-state index >= 15 is 0 Å². The van der Waals surface area contributed by atoms with E-state index in [1.807, 2.05) is 20.9 Å². The minimum atomic E-state index is -0.677. The number of phenols is 2. The molecule has 0 aliphatic carbocycles. The van der Waals surface area contributed by atoms with Crippen LogP contribution in [0.1, 0.15) is 31.4 Å². The van der Waals surface area contributed by atoms with Crippen LogP contribution in [0.2, 0.25) is 0 Å². The van der Waals surface area contributed by atoms with E-state index in [4.69, 9.17) is 0 Å². The Bertz CT molecular complexity index is 695. The summed E-state index contributed by atoms with van der Waals surface area (Å²) in [6.45, 7) is 14.4. The summed E-state index contributed by atoms with van der Waals surface area (Å²) in [7, 11) is 3.58. The number of hydrogen-bond acceptors (Lipinski definition) is 4. The third kappa shape index (κ3) is 3.85. The van der Waals surface area contributed by atoms with Crippen molar-refractivity contribution < 1.29 is 15.0 Å². The zero-order chi connectivity index (χ0) is 17.9. The molecule has 0 heterocycles. The van der Waals surface area contributed by atoms with Crippen LogP contribution in [-0.2, 0) is 10.2 Å². The van der Waals surface area contributed by atoms with Gasteiger partial charge in [-0.15, -0.1) is 0 Å². The highest BCUT2D eigenvalue weighted by Gasteiger charge is 2.31. The highest BCUT2D eigenvalue weighted by molar-refractivity contribution is 5.78. The average Bonchev–Trinajstić information content (AvgIpc) is 2.47. The third-order valence-electron chi connectivity index (χ3n) is 4.31. The standard InChI is InChI=1S/C18H28N2O3/c1-11-12(2)17(23)15(13(3)16(11)22)18(4,5)10-14(21)20(7)9-8-19-6/h19,22-23H,2-3,8-10H2,1,4-7H3. The Balaban J connectivity index is 3.22. The van der Waals surface area contributed by atoms with Gasteiger partial charge in [0.1, 0.15) is 11.5 Å². The molecule has 0 fully saturated rings. The second-order valence-electron chi connectivity index (χ2n) is 6.63. The fourth-order valence-corrected chi connectivity index (χ4v) is 2.69. The number of nitrogens with one attached hydrogen (secondary N) is 1. The quantitative estimate of drug-likeness (QED) is 0.670. The van der Waals surface area contributed by atoms with Crippen molar-refractivity contribution in [2.24, 2.45) is 0 Å². The number of benzene rings is 1. The molecule has 1 aromatic carbocycles. The van der Waals surface area contributed by atoms with Crippen LogP contribution in [-0.4, -0.2) is 48.2 Å². The summed E-state index contributed by atoms with van der Waals surface area (Å²) >= 11 is 0. The van der Waals surface area contributed by atoms with Gasteiger partial charge in [0.2, 0.25) is 5.91 Å². The molecular formula is C18H28N2O3. The first-order valence-electron chi connectivity index (χ1n) is 7.66. The number of nitrogens with zero attached hydrogens (tertiary/aromatic N) is 1. The minimum Gasteiger partial charge on any atom is -0.507 e. The maximum absolute atomic E-state index is 12.4. The van der Waals surface area contributed by atoms with Gasteiger partial charge in [0.25, 0.3) is 0 Å². The molecule has 128 valence electrons. The lowest BCUT2D eigenvalue weighted by Gasteiger charge is -2.29. The zero-order valence-electron chi connectivity index (χ0n) is 14.8. The molecule has 0 saturated carbocycles. The molecule has 1 aromatic rings. The van der Waals surface area contributed by atoms with Crippen LogP contribution in [0.15, 0.2) is 0 Å². The van der Waals surface area contributed by atoms with Crippen LogP contribution >= 0.6 is 0 Å². The molecule has 0 spiro atoms. The van der Waals surface area contributed by atoms with Gasteiger partial charge in [-0.2, -0.15) is 0 Å². The number of carbonyl (C=O) groups is 1. The highest BCUT2D eigenvalue weighted by atomic mass is 16.3. The average molecular weight is 320 g/mol. The van der Waals surface area contributed by atoms with Crippen molar-refractivity contribution in [2.45, 2.75) is 32.6 Å². The van der Waals surface area contributed by atoms with Gasteiger partial charge in [0.15, 0.2) is 0 Å². The lowest BCUT2D eigenvalue weighted by molar-refractivity contribution is -0.131. The van der Waals surface area contributed by atoms with Crippen molar-refractivity contribution in [3.63, 3.8) is 0 Å². The zero-order valence-corrected chi connectivity index (χ0v) is 14.8. The number of hydrogen-bond donors (Lipinski definition) is 3. The van der Waals surface area contributed by atoms with Gasteiger partial charge in [-0.25, -0.2) is 0 Å². The largest absolute Gasteiger partial charge is 0.507 e. The van der Waals surface area contributed by atoms with Crippen molar-refractivity contribution in [1.29, 1.82) is 0 Å². The van der Waals surface area contributed by atoms with Crippen LogP contribution in [0, 0.1) is 6.92 Å². The number of phenolic OH excluding ortho intramolecular Hbond substituents is 2. The summed E-state index contributed by atoms with van der Waals surface area (Å²) in [5, 5.41) is 24.4. The molecule has 0 atom stereocenters. The summed E-state index contributed by atoms with van der Waals surface area (Å²) in [5.41, 5.74) is 0.300. The SMILES string of the molecule is C=c1c(C)c(O)c(=C)c(C(C)(C)CC(=O)N(C)CCNC)c1O. The van der Waals surface area contributed by atoms with Crippen molar-refractivity contribution in [1.82, 2.24) is 10.2 Å². The Kier molecular flexibility index (Phi) is 5.83. The molecule has 0 aliphatic heterocycles. The van der Waals surface area contributed by atoms with E-state index in [1.165, 1.54) is 0 Å². The molecule has 0 aliphatic rings. The van der Waals surface area contributed by atoms with Gasteiger partial charge in [-0.3, -0.25) is 4.79 Å². The van der Waals surface area contributed by atoms with E-state index in [0.29, 0.717) is 34.7 Å². The maximum atomic E-state index is 12.4.